The standard InChI is InChI=1S/C25H23N5O5/c1-29-13-15-11-16(9-10-18(15)28-25(29)33)30-21(24(32)35-3)20(23(31)34-2)19(17(12-26)22(30)27)14-7-5-4-6-8-14/h4-11,19H,13,27H2,1-3H3,(H,28,33). The maximum atomic E-state index is 13.1. The van der Waals surface area contributed by atoms with Crippen molar-refractivity contribution < 1.29 is 23.9 Å². The molecule has 10 heteroatoms. The lowest BCUT2D eigenvalue weighted by molar-refractivity contribution is -0.139. The lowest BCUT2D eigenvalue weighted by atomic mass is 9.81. The third kappa shape index (κ3) is 3.93. The van der Waals surface area contributed by atoms with Gasteiger partial charge in [0.1, 0.15) is 11.5 Å². The van der Waals surface area contributed by atoms with E-state index >= 15 is 0 Å². The molecule has 0 aliphatic carbocycles. The molecule has 2 aromatic carbocycles. The smallest absolute Gasteiger partial charge is 0.355 e. The minimum Gasteiger partial charge on any atom is -0.466 e. The van der Waals surface area contributed by atoms with Crippen molar-refractivity contribution in [2.45, 2.75) is 12.5 Å². The fourth-order valence-electron chi connectivity index (χ4n) is 4.29. The number of amides is 2. The van der Waals surface area contributed by atoms with Crippen molar-refractivity contribution in [2.75, 3.05) is 31.5 Å². The van der Waals surface area contributed by atoms with Gasteiger partial charge < -0.3 is 25.4 Å². The number of urea groups is 1. The highest BCUT2D eigenvalue weighted by molar-refractivity contribution is 6.06. The number of carbonyl (C=O) groups is 3. The number of esters is 2. The summed E-state index contributed by atoms with van der Waals surface area (Å²) in [5.74, 6) is -2.59. The van der Waals surface area contributed by atoms with Gasteiger partial charge in [-0.3, -0.25) is 4.90 Å². The van der Waals surface area contributed by atoms with Crippen LogP contribution in [0.2, 0.25) is 0 Å². The number of allylic oxidation sites excluding steroid dienone is 1. The summed E-state index contributed by atoms with van der Waals surface area (Å²) in [5.41, 5.74) is 8.72. The van der Waals surface area contributed by atoms with Crippen LogP contribution in [0.5, 0.6) is 0 Å². The van der Waals surface area contributed by atoms with Crippen LogP contribution < -0.4 is 16.0 Å². The molecule has 0 bridgehead atoms. The Balaban J connectivity index is 2.00. The van der Waals surface area contributed by atoms with Crippen LogP contribution in [0.1, 0.15) is 17.0 Å². The Hall–Kier alpha value is -4.78. The number of nitrogens with two attached hydrogens (primary N) is 1. The van der Waals surface area contributed by atoms with Crippen molar-refractivity contribution >= 4 is 29.3 Å². The number of fused-ring (bicyclic) bond motifs is 1. The predicted molar refractivity (Wildman–Crippen MR) is 126 cm³/mol. The van der Waals surface area contributed by atoms with E-state index in [9.17, 15) is 19.6 Å². The van der Waals surface area contributed by atoms with Crippen LogP contribution >= 0.6 is 0 Å². The van der Waals surface area contributed by atoms with Gasteiger partial charge in [-0.05, 0) is 29.3 Å². The molecule has 10 nitrogen and oxygen atoms in total. The van der Waals surface area contributed by atoms with Crippen molar-refractivity contribution in [1.82, 2.24) is 4.90 Å². The third-order valence-corrected chi connectivity index (χ3v) is 5.95. The predicted octanol–water partition coefficient (Wildman–Crippen LogP) is 2.56. The lowest BCUT2D eigenvalue weighted by Gasteiger charge is -2.36. The number of hydrogen-bond donors (Lipinski definition) is 2. The highest BCUT2D eigenvalue weighted by atomic mass is 16.5. The molecule has 2 heterocycles. The number of anilines is 2. The molecule has 0 saturated carbocycles. The summed E-state index contributed by atoms with van der Waals surface area (Å²) in [5, 5.41) is 12.9. The van der Waals surface area contributed by atoms with E-state index in [0.717, 1.165) is 5.56 Å². The molecular formula is C25H23N5O5. The van der Waals surface area contributed by atoms with E-state index in [4.69, 9.17) is 15.2 Å². The third-order valence-electron chi connectivity index (χ3n) is 5.95. The van der Waals surface area contributed by atoms with Gasteiger partial charge in [0.25, 0.3) is 0 Å². The summed E-state index contributed by atoms with van der Waals surface area (Å²) in [6.45, 7) is 0.311. The minimum absolute atomic E-state index is 0.0254. The highest BCUT2D eigenvalue weighted by Crippen LogP contribution is 2.43. The van der Waals surface area contributed by atoms with Gasteiger partial charge in [-0.25, -0.2) is 14.4 Å². The van der Waals surface area contributed by atoms with Crippen molar-refractivity contribution in [2.24, 2.45) is 5.73 Å². The van der Waals surface area contributed by atoms with Crippen LogP contribution in [-0.2, 0) is 25.6 Å². The summed E-state index contributed by atoms with van der Waals surface area (Å²) in [4.78, 5) is 41.0. The minimum atomic E-state index is -0.943. The molecule has 0 spiro atoms. The summed E-state index contributed by atoms with van der Waals surface area (Å²) >= 11 is 0. The zero-order valence-corrected chi connectivity index (χ0v) is 19.4. The zero-order valence-electron chi connectivity index (χ0n) is 19.4. The molecule has 0 saturated heterocycles. The number of benzene rings is 2. The molecule has 2 aliphatic rings. The Morgan fingerprint density at radius 3 is 2.43 bits per heavy atom. The number of nitrogens with one attached hydrogen (secondary N) is 1. The average molecular weight is 473 g/mol. The quantitative estimate of drug-likeness (QED) is 0.646. The van der Waals surface area contributed by atoms with Crippen molar-refractivity contribution in [3.8, 4) is 6.07 Å². The van der Waals surface area contributed by atoms with E-state index in [2.05, 4.69) is 11.4 Å². The van der Waals surface area contributed by atoms with Gasteiger partial charge in [-0.1, -0.05) is 30.3 Å². The number of methoxy groups -OCH3 is 2. The number of rotatable bonds is 4. The Kier molecular flexibility index (Phi) is 6.16. The molecule has 3 N–H and O–H groups in total. The van der Waals surface area contributed by atoms with Crippen LogP contribution in [0.25, 0.3) is 0 Å². The van der Waals surface area contributed by atoms with Crippen LogP contribution in [0.15, 0.2) is 71.2 Å². The molecule has 0 aromatic heterocycles. The van der Waals surface area contributed by atoms with E-state index in [0.29, 0.717) is 23.5 Å². The fraction of sp³-hybridized carbons (Fsp3) is 0.200. The first kappa shape index (κ1) is 23.4. The second-order valence-electron chi connectivity index (χ2n) is 7.96. The van der Waals surface area contributed by atoms with Crippen molar-refractivity contribution in [3.63, 3.8) is 0 Å². The Morgan fingerprint density at radius 1 is 1.11 bits per heavy atom. The number of hydrogen-bond acceptors (Lipinski definition) is 8. The Bertz CT molecular complexity index is 1330. The molecule has 2 aromatic rings. The van der Waals surface area contributed by atoms with E-state index in [-0.39, 0.29) is 28.7 Å². The van der Waals surface area contributed by atoms with E-state index in [1.807, 2.05) is 0 Å². The van der Waals surface area contributed by atoms with Crippen LogP contribution in [0.4, 0.5) is 16.2 Å². The topological polar surface area (TPSA) is 138 Å². The van der Waals surface area contributed by atoms with Crippen LogP contribution in [0.3, 0.4) is 0 Å². The highest BCUT2D eigenvalue weighted by Gasteiger charge is 2.43. The van der Waals surface area contributed by atoms with E-state index < -0.39 is 17.9 Å². The maximum Gasteiger partial charge on any atom is 0.355 e. The summed E-state index contributed by atoms with van der Waals surface area (Å²) < 4.78 is 10.1. The molecule has 1 unspecified atom stereocenters. The lowest BCUT2D eigenvalue weighted by Crippen LogP contribution is -2.41. The van der Waals surface area contributed by atoms with E-state index in [1.54, 1.807) is 55.6 Å². The first-order chi connectivity index (χ1) is 16.8. The molecule has 2 aliphatic heterocycles. The second kappa shape index (κ2) is 9.23. The molecular weight excluding hydrogens is 450 g/mol. The molecule has 0 radical (unpaired) electrons. The molecule has 2 amide bonds. The Labute approximate surface area is 201 Å². The molecule has 0 fully saturated rings. The van der Waals surface area contributed by atoms with Gasteiger partial charge in [0, 0.05) is 25.0 Å². The summed E-state index contributed by atoms with van der Waals surface area (Å²) in [6, 6.07) is 15.7. The molecule has 35 heavy (non-hydrogen) atoms. The number of nitrogens with zero attached hydrogens (tertiary/aromatic N) is 3. The number of carbonyl (C=O) groups excluding carboxylic acids is 3. The van der Waals surface area contributed by atoms with Gasteiger partial charge in [-0.2, -0.15) is 5.26 Å². The van der Waals surface area contributed by atoms with Crippen LogP contribution in [0, 0.1) is 11.3 Å². The largest absolute Gasteiger partial charge is 0.466 e. The second-order valence-corrected chi connectivity index (χ2v) is 7.96. The van der Waals surface area contributed by atoms with Gasteiger partial charge in [0.2, 0.25) is 0 Å². The van der Waals surface area contributed by atoms with Crippen LogP contribution in [-0.4, -0.2) is 44.1 Å². The van der Waals surface area contributed by atoms with Gasteiger partial charge in [0.05, 0.1) is 37.4 Å². The summed E-state index contributed by atoms with van der Waals surface area (Å²) in [7, 11) is 4.03. The SMILES string of the molecule is COC(=O)C1=C(C(=O)OC)N(c2ccc3c(c2)CN(C)C(=O)N3)C(N)=C(C#N)C1c1ccccc1. The molecule has 1 atom stereocenters. The van der Waals surface area contributed by atoms with Crippen molar-refractivity contribution in [3.05, 3.63) is 82.3 Å². The van der Waals surface area contributed by atoms with Gasteiger partial charge in [0.15, 0.2) is 0 Å². The van der Waals surface area contributed by atoms with Gasteiger partial charge in [-0.15, -0.1) is 0 Å². The molecule has 4 rings (SSSR count). The maximum absolute atomic E-state index is 13.1. The number of ether oxygens (including phenoxy) is 2. The first-order valence-corrected chi connectivity index (χ1v) is 10.6. The fourth-order valence-corrected chi connectivity index (χ4v) is 4.29. The number of nitriles is 1. The monoisotopic (exact) mass is 473 g/mol. The zero-order chi connectivity index (χ0) is 25.3. The van der Waals surface area contributed by atoms with E-state index in [1.165, 1.54) is 24.0 Å². The molecule has 178 valence electrons. The van der Waals surface area contributed by atoms with Crippen molar-refractivity contribution in [1.29, 1.82) is 5.26 Å². The Morgan fingerprint density at radius 2 is 1.80 bits per heavy atom. The average Bonchev–Trinajstić information content (AvgIpc) is 2.88. The summed E-state index contributed by atoms with van der Waals surface area (Å²) in [6.07, 6.45) is 0. The normalized spacial score (nSPS) is 17.4. The first-order valence-electron chi connectivity index (χ1n) is 10.6. The van der Waals surface area contributed by atoms with Gasteiger partial charge >= 0.3 is 18.0 Å².